The van der Waals surface area contributed by atoms with Gasteiger partial charge >= 0.3 is 0 Å². The summed E-state index contributed by atoms with van der Waals surface area (Å²) in [5, 5.41) is 4.63. The number of rotatable bonds is 5. The molecular weight excluding hydrogens is 345 g/mol. The number of hydrogen-bond acceptors (Lipinski definition) is 4. The zero-order valence-corrected chi connectivity index (χ0v) is 16.3. The zero-order valence-electron chi connectivity index (χ0n) is 16.3. The van der Waals surface area contributed by atoms with Gasteiger partial charge in [0.25, 0.3) is 11.6 Å². The van der Waals surface area contributed by atoms with Crippen LogP contribution in [0.3, 0.4) is 0 Å². The van der Waals surface area contributed by atoms with Crippen LogP contribution >= 0.6 is 0 Å². The number of aryl methyl sites for hydroxylation is 1. The first-order chi connectivity index (χ1) is 12.8. The smallest absolute Gasteiger partial charge is 0.259 e. The third-order valence-electron chi connectivity index (χ3n) is 4.89. The van der Waals surface area contributed by atoms with E-state index in [9.17, 15) is 9.18 Å². The highest BCUT2D eigenvalue weighted by Crippen LogP contribution is 2.29. The molecule has 3 rings (SSSR count). The van der Waals surface area contributed by atoms with E-state index in [1.165, 1.54) is 12.1 Å². The number of carbonyl (C=O) groups is 1. The van der Waals surface area contributed by atoms with E-state index in [0.717, 1.165) is 11.3 Å². The minimum atomic E-state index is -0.292. The second-order valence-corrected chi connectivity index (χ2v) is 7.09. The van der Waals surface area contributed by atoms with Crippen LogP contribution in [0.15, 0.2) is 34.9 Å². The Hall–Kier alpha value is -2.76. The molecule has 0 aliphatic rings. The number of pyridine rings is 1. The fourth-order valence-corrected chi connectivity index (χ4v) is 3.33. The van der Waals surface area contributed by atoms with E-state index in [-0.39, 0.29) is 23.7 Å². The van der Waals surface area contributed by atoms with Crippen LogP contribution in [-0.4, -0.2) is 28.0 Å². The Balaban J connectivity index is 2.05. The third-order valence-corrected chi connectivity index (χ3v) is 4.89. The van der Waals surface area contributed by atoms with E-state index in [1.54, 1.807) is 31.0 Å². The standard InChI is InChI=1S/C21H24FN3O2/c1-6-18(14-7-9-15(22)10-8-14)25(5)21(26)16-11-17(12(2)3)23-20-19(16)13(4)24-27-20/h7-12,18H,6H2,1-5H3. The van der Waals surface area contributed by atoms with Gasteiger partial charge in [-0.3, -0.25) is 4.79 Å². The van der Waals surface area contributed by atoms with Gasteiger partial charge in [0.15, 0.2) is 0 Å². The van der Waals surface area contributed by atoms with Gasteiger partial charge in [0.1, 0.15) is 5.82 Å². The molecule has 142 valence electrons. The number of benzene rings is 1. The van der Waals surface area contributed by atoms with Crippen molar-refractivity contribution in [1.82, 2.24) is 15.0 Å². The van der Waals surface area contributed by atoms with Gasteiger partial charge in [-0.05, 0) is 43.0 Å². The molecule has 1 aromatic carbocycles. The number of aromatic nitrogens is 2. The van der Waals surface area contributed by atoms with Crippen LogP contribution in [-0.2, 0) is 0 Å². The molecule has 1 amide bonds. The van der Waals surface area contributed by atoms with Crippen molar-refractivity contribution in [2.75, 3.05) is 7.05 Å². The molecule has 0 spiro atoms. The summed E-state index contributed by atoms with van der Waals surface area (Å²) in [5.74, 6) is -0.275. The molecule has 1 atom stereocenters. The van der Waals surface area contributed by atoms with Gasteiger partial charge in [0.2, 0.25) is 0 Å². The van der Waals surface area contributed by atoms with Crippen LogP contribution in [0.1, 0.15) is 66.5 Å². The zero-order chi connectivity index (χ0) is 19.7. The summed E-state index contributed by atoms with van der Waals surface area (Å²) in [6.07, 6.45) is 0.710. The fraction of sp³-hybridized carbons (Fsp3) is 0.381. The minimum Gasteiger partial charge on any atom is -0.336 e. The summed E-state index contributed by atoms with van der Waals surface area (Å²) in [7, 11) is 1.77. The van der Waals surface area contributed by atoms with Crippen molar-refractivity contribution in [1.29, 1.82) is 0 Å². The van der Waals surface area contributed by atoms with Crippen LogP contribution in [0.4, 0.5) is 4.39 Å². The first-order valence-electron chi connectivity index (χ1n) is 9.13. The summed E-state index contributed by atoms with van der Waals surface area (Å²) in [6, 6.07) is 7.94. The predicted octanol–water partition coefficient (Wildman–Crippen LogP) is 5.02. The summed E-state index contributed by atoms with van der Waals surface area (Å²) in [5.41, 5.74) is 3.23. The lowest BCUT2D eigenvalue weighted by Gasteiger charge is -2.28. The molecule has 6 heteroatoms. The summed E-state index contributed by atoms with van der Waals surface area (Å²) >= 11 is 0. The number of nitrogens with zero attached hydrogens (tertiary/aromatic N) is 3. The highest BCUT2D eigenvalue weighted by molar-refractivity contribution is 6.06. The molecule has 5 nitrogen and oxygen atoms in total. The molecule has 1 unspecified atom stereocenters. The van der Waals surface area contributed by atoms with Crippen molar-refractivity contribution in [2.24, 2.45) is 0 Å². The van der Waals surface area contributed by atoms with Gasteiger partial charge in [-0.25, -0.2) is 9.37 Å². The summed E-state index contributed by atoms with van der Waals surface area (Å²) in [4.78, 5) is 19.6. The van der Waals surface area contributed by atoms with Gasteiger partial charge in [0.05, 0.1) is 22.7 Å². The van der Waals surface area contributed by atoms with E-state index in [4.69, 9.17) is 4.52 Å². The Kier molecular flexibility index (Phi) is 5.26. The average Bonchev–Trinajstić information content (AvgIpc) is 3.03. The van der Waals surface area contributed by atoms with Gasteiger partial charge in [-0.2, -0.15) is 0 Å². The van der Waals surface area contributed by atoms with Crippen molar-refractivity contribution in [3.05, 3.63) is 58.7 Å². The van der Waals surface area contributed by atoms with Crippen LogP contribution in [0.25, 0.3) is 11.1 Å². The average molecular weight is 369 g/mol. The lowest BCUT2D eigenvalue weighted by Crippen LogP contribution is -2.31. The molecule has 0 aliphatic heterocycles. The van der Waals surface area contributed by atoms with Crippen LogP contribution in [0.5, 0.6) is 0 Å². The molecule has 0 fully saturated rings. The largest absolute Gasteiger partial charge is 0.336 e. The van der Waals surface area contributed by atoms with Crippen LogP contribution < -0.4 is 0 Å². The number of amides is 1. The van der Waals surface area contributed by atoms with E-state index in [0.29, 0.717) is 28.8 Å². The maximum atomic E-state index is 13.4. The van der Waals surface area contributed by atoms with E-state index < -0.39 is 0 Å². The maximum absolute atomic E-state index is 13.4. The first-order valence-corrected chi connectivity index (χ1v) is 9.13. The molecule has 2 heterocycles. The fourth-order valence-electron chi connectivity index (χ4n) is 3.33. The molecule has 0 bridgehead atoms. The van der Waals surface area contributed by atoms with Crippen molar-refractivity contribution in [3.63, 3.8) is 0 Å². The van der Waals surface area contributed by atoms with Gasteiger partial charge in [0, 0.05) is 12.7 Å². The lowest BCUT2D eigenvalue weighted by molar-refractivity contribution is 0.0728. The van der Waals surface area contributed by atoms with Crippen LogP contribution in [0.2, 0.25) is 0 Å². The van der Waals surface area contributed by atoms with E-state index in [1.807, 2.05) is 26.8 Å². The monoisotopic (exact) mass is 369 g/mol. The van der Waals surface area contributed by atoms with E-state index in [2.05, 4.69) is 10.1 Å². The van der Waals surface area contributed by atoms with Gasteiger partial charge in [-0.15, -0.1) is 0 Å². The molecule has 27 heavy (non-hydrogen) atoms. The van der Waals surface area contributed by atoms with Gasteiger partial charge in [-0.1, -0.05) is 38.1 Å². The normalized spacial score (nSPS) is 12.6. The molecule has 2 aromatic heterocycles. The molecule has 3 aromatic rings. The highest BCUT2D eigenvalue weighted by atomic mass is 19.1. The number of hydrogen-bond donors (Lipinski definition) is 0. The van der Waals surface area contributed by atoms with Crippen molar-refractivity contribution >= 4 is 17.0 Å². The predicted molar refractivity (Wildman–Crippen MR) is 102 cm³/mol. The maximum Gasteiger partial charge on any atom is 0.259 e. The minimum absolute atomic E-state index is 0.133. The van der Waals surface area contributed by atoms with E-state index >= 15 is 0 Å². The number of carbonyl (C=O) groups excluding carboxylic acids is 1. The van der Waals surface area contributed by atoms with Gasteiger partial charge < -0.3 is 9.42 Å². The van der Waals surface area contributed by atoms with Crippen LogP contribution in [0, 0.1) is 12.7 Å². The molecular formula is C21H24FN3O2. The second-order valence-electron chi connectivity index (χ2n) is 7.09. The highest BCUT2D eigenvalue weighted by Gasteiger charge is 2.26. The van der Waals surface area contributed by atoms with Crippen molar-refractivity contribution in [3.8, 4) is 0 Å². The first kappa shape index (κ1) is 19.0. The molecule has 0 N–H and O–H groups in total. The summed E-state index contributed by atoms with van der Waals surface area (Å²) < 4.78 is 18.6. The topological polar surface area (TPSA) is 59.2 Å². The molecule has 0 aliphatic carbocycles. The molecule has 0 saturated heterocycles. The Morgan fingerprint density at radius 2 is 1.93 bits per heavy atom. The Labute approximate surface area is 158 Å². The van der Waals surface area contributed by atoms with Crippen molar-refractivity contribution in [2.45, 2.75) is 46.1 Å². The third kappa shape index (κ3) is 3.56. The molecule has 0 saturated carbocycles. The quantitative estimate of drug-likeness (QED) is 0.634. The second kappa shape index (κ2) is 7.47. The lowest BCUT2D eigenvalue weighted by atomic mass is 10.00. The van der Waals surface area contributed by atoms with Crippen molar-refractivity contribution < 1.29 is 13.7 Å². The number of fused-ring (bicyclic) bond motifs is 1. The Bertz CT molecular complexity index is 963. The number of halogens is 1. The SMILES string of the molecule is CCC(c1ccc(F)cc1)N(C)C(=O)c1cc(C(C)C)nc2onc(C)c12. The Morgan fingerprint density at radius 3 is 2.52 bits per heavy atom. The molecule has 0 radical (unpaired) electrons. The summed E-state index contributed by atoms with van der Waals surface area (Å²) in [6.45, 7) is 7.84. The Morgan fingerprint density at radius 1 is 1.26 bits per heavy atom.